The van der Waals surface area contributed by atoms with Gasteiger partial charge in [-0.1, -0.05) is 6.92 Å². The number of benzene rings is 1. The number of nitrogens with one attached hydrogen (secondary N) is 3. The second-order valence-corrected chi connectivity index (χ2v) is 6.16. The van der Waals surface area contributed by atoms with E-state index in [4.69, 9.17) is 4.42 Å². The SMILES string of the molecule is Cc1cc(NC(=O)C(C)C2CNC2)ccc1NC(=O)c1ccco1.Cl. The molecule has 3 N–H and O–H groups in total. The molecule has 1 atom stereocenters. The molecule has 2 heterocycles. The van der Waals surface area contributed by atoms with E-state index in [1.54, 1.807) is 24.3 Å². The third-order valence-corrected chi connectivity index (χ3v) is 4.42. The predicted octanol–water partition coefficient (Wildman–Crippen LogP) is 3.06. The average molecular weight is 364 g/mol. The summed E-state index contributed by atoms with van der Waals surface area (Å²) in [5.41, 5.74) is 2.28. The lowest BCUT2D eigenvalue weighted by molar-refractivity contribution is -0.121. The molecule has 0 saturated carbocycles. The topological polar surface area (TPSA) is 83.4 Å². The van der Waals surface area contributed by atoms with Gasteiger partial charge >= 0.3 is 0 Å². The minimum absolute atomic E-state index is 0. The summed E-state index contributed by atoms with van der Waals surface area (Å²) < 4.78 is 5.07. The highest BCUT2D eigenvalue weighted by Gasteiger charge is 2.28. The number of hydrogen-bond acceptors (Lipinski definition) is 4. The summed E-state index contributed by atoms with van der Waals surface area (Å²) in [6.07, 6.45) is 1.46. The van der Waals surface area contributed by atoms with E-state index in [-0.39, 0.29) is 35.9 Å². The van der Waals surface area contributed by atoms with Gasteiger partial charge in [-0.25, -0.2) is 0 Å². The summed E-state index contributed by atoms with van der Waals surface area (Å²) in [6.45, 7) is 5.62. The Labute approximate surface area is 152 Å². The number of halogens is 1. The van der Waals surface area contributed by atoms with Crippen molar-refractivity contribution in [3.63, 3.8) is 0 Å². The lowest BCUT2D eigenvalue weighted by Crippen LogP contribution is -2.48. The van der Waals surface area contributed by atoms with Crippen LogP contribution in [-0.2, 0) is 4.79 Å². The fraction of sp³-hybridized carbons (Fsp3) is 0.333. The Hall–Kier alpha value is -2.31. The molecule has 2 aromatic rings. The molecule has 0 bridgehead atoms. The molecule has 0 aliphatic carbocycles. The van der Waals surface area contributed by atoms with Gasteiger partial charge in [-0.15, -0.1) is 12.4 Å². The van der Waals surface area contributed by atoms with Crippen molar-refractivity contribution < 1.29 is 14.0 Å². The van der Waals surface area contributed by atoms with E-state index in [2.05, 4.69) is 16.0 Å². The largest absolute Gasteiger partial charge is 0.459 e. The molecular weight excluding hydrogens is 342 g/mol. The first kappa shape index (κ1) is 19.0. The second kappa shape index (κ2) is 8.18. The number of furan rings is 1. The average Bonchev–Trinajstić information content (AvgIpc) is 3.02. The highest BCUT2D eigenvalue weighted by Crippen LogP contribution is 2.23. The predicted molar refractivity (Wildman–Crippen MR) is 99.2 cm³/mol. The van der Waals surface area contributed by atoms with Crippen LogP contribution in [0.4, 0.5) is 11.4 Å². The van der Waals surface area contributed by atoms with E-state index < -0.39 is 0 Å². The molecule has 2 amide bonds. The zero-order valence-corrected chi connectivity index (χ0v) is 15.0. The fourth-order valence-electron chi connectivity index (χ4n) is 2.61. The van der Waals surface area contributed by atoms with E-state index in [9.17, 15) is 9.59 Å². The van der Waals surface area contributed by atoms with E-state index in [0.717, 1.165) is 24.3 Å². The first-order valence-corrected chi connectivity index (χ1v) is 8.01. The smallest absolute Gasteiger partial charge is 0.291 e. The summed E-state index contributed by atoms with van der Waals surface area (Å²) in [4.78, 5) is 24.3. The molecule has 1 saturated heterocycles. The molecule has 25 heavy (non-hydrogen) atoms. The third kappa shape index (κ3) is 4.41. The summed E-state index contributed by atoms with van der Waals surface area (Å²) in [7, 11) is 0. The zero-order valence-electron chi connectivity index (χ0n) is 14.2. The molecule has 1 aliphatic rings. The molecule has 134 valence electrons. The van der Waals surface area contributed by atoms with E-state index in [0.29, 0.717) is 11.6 Å². The monoisotopic (exact) mass is 363 g/mol. The molecule has 0 spiro atoms. The van der Waals surface area contributed by atoms with Crippen LogP contribution in [0.1, 0.15) is 23.0 Å². The first-order valence-electron chi connectivity index (χ1n) is 8.01. The number of anilines is 2. The van der Waals surface area contributed by atoms with Gasteiger partial charge in [-0.3, -0.25) is 9.59 Å². The minimum Gasteiger partial charge on any atom is -0.459 e. The Morgan fingerprint density at radius 2 is 2.00 bits per heavy atom. The number of amides is 2. The van der Waals surface area contributed by atoms with Crippen molar-refractivity contribution in [1.82, 2.24) is 5.32 Å². The van der Waals surface area contributed by atoms with Gasteiger partial charge in [-0.2, -0.15) is 0 Å². The number of carbonyl (C=O) groups excluding carboxylic acids is 2. The molecule has 1 unspecified atom stereocenters. The summed E-state index contributed by atoms with van der Waals surface area (Å²) in [5, 5.41) is 8.92. The Bertz CT molecular complexity index is 742. The van der Waals surface area contributed by atoms with Crippen LogP contribution in [0, 0.1) is 18.8 Å². The highest BCUT2D eigenvalue weighted by atomic mass is 35.5. The maximum atomic E-state index is 12.3. The summed E-state index contributed by atoms with van der Waals surface area (Å²) >= 11 is 0. The van der Waals surface area contributed by atoms with Crippen molar-refractivity contribution in [1.29, 1.82) is 0 Å². The Morgan fingerprint density at radius 3 is 2.56 bits per heavy atom. The minimum atomic E-state index is -0.300. The Balaban J connectivity index is 0.00000225. The van der Waals surface area contributed by atoms with E-state index in [1.807, 2.05) is 19.9 Å². The van der Waals surface area contributed by atoms with Crippen LogP contribution in [-0.4, -0.2) is 24.9 Å². The highest BCUT2D eigenvalue weighted by molar-refractivity contribution is 6.03. The van der Waals surface area contributed by atoms with Crippen LogP contribution in [0.5, 0.6) is 0 Å². The zero-order chi connectivity index (χ0) is 17.1. The van der Waals surface area contributed by atoms with Crippen LogP contribution >= 0.6 is 12.4 Å². The van der Waals surface area contributed by atoms with Crippen LogP contribution in [0.2, 0.25) is 0 Å². The van der Waals surface area contributed by atoms with E-state index >= 15 is 0 Å². The maximum Gasteiger partial charge on any atom is 0.291 e. The van der Waals surface area contributed by atoms with Crippen LogP contribution in [0.15, 0.2) is 41.0 Å². The summed E-state index contributed by atoms with van der Waals surface area (Å²) in [6, 6.07) is 8.69. The fourth-order valence-corrected chi connectivity index (χ4v) is 2.61. The van der Waals surface area contributed by atoms with E-state index in [1.165, 1.54) is 6.26 Å². The molecule has 0 radical (unpaired) electrons. The lowest BCUT2D eigenvalue weighted by atomic mass is 9.88. The number of rotatable bonds is 5. The molecule has 7 heteroatoms. The van der Waals surface area contributed by atoms with Crippen molar-refractivity contribution >= 4 is 35.6 Å². The third-order valence-electron chi connectivity index (χ3n) is 4.42. The normalized spacial score (nSPS) is 14.8. The van der Waals surface area contributed by atoms with Gasteiger partial charge in [0.15, 0.2) is 5.76 Å². The number of carbonyl (C=O) groups is 2. The first-order chi connectivity index (χ1) is 11.5. The van der Waals surface area contributed by atoms with Gasteiger partial charge in [0, 0.05) is 17.3 Å². The molecule has 3 rings (SSSR count). The van der Waals surface area contributed by atoms with Gasteiger partial charge in [-0.05, 0) is 61.8 Å². The van der Waals surface area contributed by atoms with Crippen molar-refractivity contribution in [2.45, 2.75) is 13.8 Å². The quantitative estimate of drug-likeness (QED) is 0.762. The van der Waals surface area contributed by atoms with Gasteiger partial charge in [0.2, 0.25) is 5.91 Å². The Kier molecular flexibility index (Phi) is 6.22. The van der Waals surface area contributed by atoms with Gasteiger partial charge < -0.3 is 20.4 Å². The molecule has 1 aliphatic heterocycles. The van der Waals surface area contributed by atoms with Crippen molar-refractivity contribution in [2.24, 2.45) is 11.8 Å². The van der Waals surface area contributed by atoms with Gasteiger partial charge in [0.25, 0.3) is 5.91 Å². The van der Waals surface area contributed by atoms with Crippen molar-refractivity contribution in [3.05, 3.63) is 47.9 Å². The molecule has 1 aromatic carbocycles. The van der Waals surface area contributed by atoms with Crippen molar-refractivity contribution in [2.75, 3.05) is 23.7 Å². The van der Waals surface area contributed by atoms with Crippen LogP contribution in [0.3, 0.4) is 0 Å². The molecule has 1 fully saturated rings. The van der Waals surface area contributed by atoms with Gasteiger partial charge in [0.05, 0.1) is 6.26 Å². The standard InChI is InChI=1S/C18H21N3O3.ClH/c1-11-8-14(20-17(22)12(2)13-9-19-10-13)5-6-15(11)21-18(23)16-4-3-7-24-16;/h3-8,12-13,19H,9-10H2,1-2H3,(H,20,22)(H,21,23);1H. The van der Waals surface area contributed by atoms with Gasteiger partial charge in [0.1, 0.15) is 0 Å². The lowest BCUT2D eigenvalue weighted by Gasteiger charge is -2.31. The number of aryl methyl sites for hydroxylation is 1. The van der Waals surface area contributed by atoms with Crippen LogP contribution in [0.25, 0.3) is 0 Å². The molecule has 1 aromatic heterocycles. The summed E-state index contributed by atoms with van der Waals surface area (Å²) in [5.74, 6) is 0.358. The molecular formula is C18H22ClN3O3. The Morgan fingerprint density at radius 1 is 1.24 bits per heavy atom. The maximum absolute atomic E-state index is 12.3. The van der Waals surface area contributed by atoms with Crippen LogP contribution < -0.4 is 16.0 Å². The number of hydrogen-bond donors (Lipinski definition) is 3. The second-order valence-electron chi connectivity index (χ2n) is 6.16. The van der Waals surface area contributed by atoms with Crippen molar-refractivity contribution in [3.8, 4) is 0 Å². The molecule has 6 nitrogen and oxygen atoms in total.